The zero-order valence-corrected chi connectivity index (χ0v) is 13.7. The third-order valence-corrected chi connectivity index (χ3v) is 3.78. The first kappa shape index (κ1) is 16.0. The molecule has 0 radical (unpaired) electrons. The van der Waals surface area contributed by atoms with Crippen LogP contribution in [0.4, 0.5) is 0 Å². The van der Waals surface area contributed by atoms with Crippen molar-refractivity contribution in [3.63, 3.8) is 0 Å². The third kappa shape index (κ3) is 4.10. The molecule has 0 saturated carbocycles. The molecule has 0 saturated heterocycles. The van der Waals surface area contributed by atoms with Gasteiger partial charge < -0.3 is 10.1 Å². The molecule has 0 unspecified atom stereocenters. The van der Waals surface area contributed by atoms with Crippen LogP contribution in [0.25, 0.3) is 10.9 Å². The van der Waals surface area contributed by atoms with Crippen LogP contribution in [0.1, 0.15) is 11.1 Å². The second-order valence-electron chi connectivity index (χ2n) is 5.68. The van der Waals surface area contributed by atoms with Gasteiger partial charge in [0.15, 0.2) is 0 Å². The monoisotopic (exact) mass is 320 g/mol. The predicted molar refractivity (Wildman–Crippen MR) is 95.1 cm³/mol. The fourth-order valence-corrected chi connectivity index (χ4v) is 2.54. The molecule has 1 amide bonds. The Hall–Kier alpha value is -2.88. The molecule has 24 heavy (non-hydrogen) atoms. The van der Waals surface area contributed by atoms with Crippen molar-refractivity contribution in [1.82, 2.24) is 10.3 Å². The van der Waals surface area contributed by atoms with Gasteiger partial charge in [0.25, 0.3) is 0 Å². The fourth-order valence-electron chi connectivity index (χ4n) is 2.54. The number of ether oxygens (including phenoxy) is 1. The number of benzene rings is 2. The number of hydrogen-bond acceptors (Lipinski definition) is 3. The standard InChI is InChI=1S/C20H20N2O2/c1-15-7-9-18(10-8-15)24-13-12-21-19(23)14-17-5-2-4-16-6-3-11-22-20(16)17/h2-11H,12-14H2,1H3,(H,21,23). The van der Waals surface area contributed by atoms with Crippen LogP contribution in [0.5, 0.6) is 5.75 Å². The number of para-hydroxylation sites is 1. The molecule has 0 spiro atoms. The summed E-state index contributed by atoms with van der Waals surface area (Å²) in [4.78, 5) is 16.5. The lowest BCUT2D eigenvalue weighted by atomic mass is 10.1. The zero-order valence-electron chi connectivity index (χ0n) is 13.7. The Morgan fingerprint density at radius 1 is 1.08 bits per heavy atom. The van der Waals surface area contributed by atoms with E-state index >= 15 is 0 Å². The molecule has 1 aromatic heterocycles. The number of nitrogens with zero attached hydrogens (tertiary/aromatic N) is 1. The van der Waals surface area contributed by atoms with E-state index in [0.717, 1.165) is 22.2 Å². The third-order valence-electron chi connectivity index (χ3n) is 3.78. The molecule has 0 aliphatic rings. The normalized spacial score (nSPS) is 10.5. The maximum Gasteiger partial charge on any atom is 0.224 e. The molecule has 4 nitrogen and oxygen atoms in total. The average molecular weight is 320 g/mol. The number of nitrogens with one attached hydrogen (secondary N) is 1. The second kappa shape index (κ2) is 7.59. The summed E-state index contributed by atoms with van der Waals surface area (Å²) < 4.78 is 5.60. The summed E-state index contributed by atoms with van der Waals surface area (Å²) in [6.45, 7) is 2.96. The van der Waals surface area contributed by atoms with Crippen LogP contribution in [0.3, 0.4) is 0 Å². The van der Waals surface area contributed by atoms with Crippen molar-refractivity contribution in [2.24, 2.45) is 0 Å². The molecule has 2 aromatic carbocycles. The van der Waals surface area contributed by atoms with Crippen LogP contribution in [-0.4, -0.2) is 24.0 Å². The van der Waals surface area contributed by atoms with Gasteiger partial charge in [0, 0.05) is 11.6 Å². The van der Waals surface area contributed by atoms with Crippen LogP contribution in [-0.2, 0) is 11.2 Å². The summed E-state index contributed by atoms with van der Waals surface area (Å²) in [5, 5.41) is 3.93. The molecule has 122 valence electrons. The largest absolute Gasteiger partial charge is 0.492 e. The Kier molecular flexibility index (Phi) is 5.06. The Labute approximate surface area is 141 Å². The van der Waals surface area contributed by atoms with Crippen LogP contribution < -0.4 is 10.1 Å². The average Bonchev–Trinajstić information content (AvgIpc) is 2.61. The van der Waals surface area contributed by atoms with E-state index in [1.807, 2.05) is 61.5 Å². The molecule has 1 heterocycles. The number of fused-ring (bicyclic) bond motifs is 1. The highest BCUT2D eigenvalue weighted by molar-refractivity contribution is 5.87. The maximum absolute atomic E-state index is 12.1. The SMILES string of the molecule is Cc1ccc(OCCNC(=O)Cc2cccc3cccnc23)cc1. The first-order valence-electron chi connectivity index (χ1n) is 8.01. The Morgan fingerprint density at radius 2 is 1.88 bits per heavy atom. The van der Waals surface area contributed by atoms with Crippen molar-refractivity contribution >= 4 is 16.8 Å². The molecular formula is C20H20N2O2. The zero-order chi connectivity index (χ0) is 16.8. The number of carbonyl (C=O) groups is 1. The highest BCUT2D eigenvalue weighted by atomic mass is 16.5. The summed E-state index contributed by atoms with van der Waals surface area (Å²) in [5.74, 6) is 0.786. The number of carbonyl (C=O) groups excluding carboxylic acids is 1. The van der Waals surface area contributed by atoms with Crippen molar-refractivity contribution in [2.45, 2.75) is 13.3 Å². The van der Waals surface area contributed by atoms with Crippen molar-refractivity contribution < 1.29 is 9.53 Å². The molecule has 0 aliphatic heterocycles. The molecule has 0 atom stereocenters. The first-order chi connectivity index (χ1) is 11.7. The van der Waals surface area contributed by atoms with Gasteiger partial charge in [-0.2, -0.15) is 0 Å². The van der Waals surface area contributed by atoms with Crippen molar-refractivity contribution in [2.75, 3.05) is 13.2 Å². The van der Waals surface area contributed by atoms with Crippen LogP contribution >= 0.6 is 0 Å². The van der Waals surface area contributed by atoms with Gasteiger partial charge in [0.2, 0.25) is 5.91 Å². The summed E-state index contributed by atoms with van der Waals surface area (Å²) in [5.41, 5.74) is 3.01. The molecule has 0 fully saturated rings. The van der Waals surface area contributed by atoms with E-state index in [2.05, 4.69) is 10.3 Å². The van der Waals surface area contributed by atoms with Crippen LogP contribution in [0.2, 0.25) is 0 Å². The quantitative estimate of drug-likeness (QED) is 0.709. The van der Waals surface area contributed by atoms with Gasteiger partial charge in [0.05, 0.1) is 18.5 Å². The van der Waals surface area contributed by atoms with E-state index in [9.17, 15) is 4.79 Å². The summed E-state index contributed by atoms with van der Waals surface area (Å²) in [6.07, 6.45) is 2.07. The predicted octanol–water partition coefficient (Wildman–Crippen LogP) is 3.28. The molecule has 1 N–H and O–H groups in total. The molecule has 3 aromatic rings. The van der Waals surface area contributed by atoms with Gasteiger partial charge in [-0.3, -0.25) is 9.78 Å². The number of aromatic nitrogens is 1. The minimum absolute atomic E-state index is 0.0272. The Morgan fingerprint density at radius 3 is 2.71 bits per heavy atom. The van der Waals surface area contributed by atoms with Crippen molar-refractivity contribution in [3.8, 4) is 5.75 Å². The van der Waals surface area contributed by atoms with Gasteiger partial charge in [-0.05, 0) is 30.7 Å². The summed E-state index contributed by atoms with van der Waals surface area (Å²) in [7, 11) is 0. The van der Waals surface area contributed by atoms with Crippen molar-refractivity contribution in [1.29, 1.82) is 0 Å². The van der Waals surface area contributed by atoms with E-state index in [-0.39, 0.29) is 5.91 Å². The van der Waals surface area contributed by atoms with Crippen LogP contribution in [0.15, 0.2) is 60.8 Å². The highest BCUT2D eigenvalue weighted by Gasteiger charge is 2.07. The van der Waals surface area contributed by atoms with E-state index in [1.54, 1.807) is 6.20 Å². The molecule has 4 heteroatoms. The first-order valence-corrected chi connectivity index (χ1v) is 8.01. The van der Waals surface area contributed by atoms with Crippen LogP contribution in [0, 0.1) is 6.92 Å². The van der Waals surface area contributed by atoms with Crippen molar-refractivity contribution in [3.05, 3.63) is 71.9 Å². The number of aryl methyl sites for hydroxylation is 1. The lowest BCUT2D eigenvalue weighted by Crippen LogP contribution is -2.29. The number of hydrogen-bond donors (Lipinski definition) is 1. The highest BCUT2D eigenvalue weighted by Crippen LogP contribution is 2.16. The topological polar surface area (TPSA) is 51.2 Å². The fraction of sp³-hybridized carbons (Fsp3) is 0.200. The van der Waals surface area contributed by atoms with Gasteiger partial charge >= 0.3 is 0 Å². The molecule has 0 aliphatic carbocycles. The van der Waals surface area contributed by atoms with E-state index in [1.165, 1.54) is 5.56 Å². The molecule has 0 bridgehead atoms. The Balaban J connectivity index is 1.49. The molecular weight excluding hydrogens is 300 g/mol. The maximum atomic E-state index is 12.1. The van der Waals surface area contributed by atoms with E-state index in [4.69, 9.17) is 4.74 Å². The lowest BCUT2D eigenvalue weighted by Gasteiger charge is -2.09. The number of amides is 1. The lowest BCUT2D eigenvalue weighted by molar-refractivity contribution is -0.120. The van der Waals surface area contributed by atoms with Gasteiger partial charge in [-0.25, -0.2) is 0 Å². The second-order valence-corrected chi connectivity index (χ2v) is 5.68. The number of rotatable bonds is 6. The van der Waals surface area contributed by atoms with E-state index < -0.39 is 0 Å². The minimum Gasteiger partial charge on any atom is -0.492 e. The van der Waals surface area contributed by atoms with Gasteiger partial charge in [-0.1, -0.05) is 42.0 Å². The Bertz CT molecular complexity index is 823. The molecule has 3 rings (SSSR count). The summed E-state index contributed by atoms with van der Waals surface area (Å²) >= 11 is 0. The minimum atomic E-state index is -0.0272. The van der Waals surface area contributed by atoms with Gasteiger partial charge in [0.1, 0.15) is 12.4 Å². The number of pyridine rings is 1. The van der Waals surface area contributed by atoms with E-state index in [0.29, 0.717) is 19.6 Å². The van der Waals surface area contributed by atoms with Gasteiger partial charge in [-0.15, -0.1) is 0 Å². The summed E-state index contributed by atoms with van der Waals surface area (Å²) in [6, 6.07) is 17.7. The smallest absolute Gasteiger partial charge is 0.224 e.